The third kappa shape index (κ3) is 45.1. The molecule has 10 nitrogen and oxygen atoms in total. The molecule has 0 fully saturated rings. The van der Waals surface area contributed by atoms with Gasteiger partial charge in [-0.3, -0.25) is 4.99 Å². The van der Waals surface area contributed by atoms with Crippen molar-refractivity contribution in [2.75, 3.05) is 0 Å². The first kappa shape index (κ1) is 31.7. The van der Waals surface area contributed by atoms with Gasteiger partial charge in [0.2, 0.25) is 0 Å². The van der Waals surface area contributed by atoms with Crippen LogP contribution in [0.15, 0.2) is 22.6 Å². The van der Waals surface area contributed by atoms with Gasteiger partial charge in [-0.15, -0.1) is 5.34 Å². The summed E-state index contributed by atoms with van der Waals surface area (Å²) in [6, 6.07) is 0. The SMILES string of the molecule is CC(O)CC(C)O.CC(O)CC(C)O.NC1N=CC=C[N-]1.O=N[O-].[Co]. The van der Waals surface area contributed by atoms with Gasteiger partial charge in [0.1, 0.15) is 0 Å². The average Bonchev–Trinajstić information content (AvgIpc) is 2.38. The van der Waals surface area contributed by atoms with Gasteiger partial charge in [0.05, 0.1) is 24.4 Å². The zero-order valence-corrected chi connectivity index (χ0v) is 15.9. The molecule has 0 aromatic heterocycles. The third-order valence-corrected chi connectivity index (χ3v) is 2.01. The Hall–Kier alpha value is -1.08. The minimum Gasteiger partial charge on any atom is -0.658 e. The van der Waals surface area contributed by atoms with Crippen LogP contribution in [0.25, 0.3) is 5.32 Å². The summed E-state index contributed by atoms with van der Waals surface area (Å²) in [5.41, 5.74) is 5.22. The Morgan fingerprint density at radius 1 is 1.08 bits per heavy atom. The van der Waals surface area contributed by atoms with Crippen LogP contribution in [0.1, 0.15) is 40.5 Å². The average molecular weight is 409 g/mol. The van der Waals surface area contributed by atoms with E-state index in [0.717, 1.165) is 5.34 Å². The Balaban J connectivity index is -0.000000120. The van der Waals surface area contributed by atoms with E-state index in [0.29, 0.717) is 12.8 Å². The Labute approximate surface area is 159 Å². The normalized spacial score (nSPS) is 18.7. The van der Waals surface area contributed by atoms with Gasteiger partial charge in [0.15, 0.2) is 0 Å². The minimum absolute atomic E-state index is 0. The van der Waals surface area contributed by atoms with Crippen molar-refractivity contribution in [3.8, 4) is 0 Å². The maximum absolute atomic E-state index is 8.56. The van der Waals surface area contributed by atoms with Crippen molar-refractivity contribution < 1.29 is 37.2 Å². The number of rotatable bonds is 4. The van der Waals surface area contributed by atoms with Crippen LogP contribution in [0.3, 0.4) is 0 Å². The van der Waals surface area contributed by atoms with E-state index in [9.17, 15) is 0 Å². The minimum atomic E-state index is -0.375. The summed E-state index contributed by atoms with van der Waals surface area (Å²) < 4.78 is 0. The fraction of sp³-hybridized carbons (Fsp3) is 0.786. The molecule has 1 aliphatic rings. The third-order valence-electron chi connectivity index (χ3n) is 2.01. The van der Waals surface area contributed by atoms with Crippen molar-refractivity contribution in [1.29, 1.82) is 0 Å². The second kappa shape index (κ2) is 22.9. The molecule has 1 rings (SSSR count). The molecule has 0 aliphatic carbocycles. The molecule has 5 unspecified atom stereocenters. The number of nitrogens with two attached hydrogens (primary N) is 1. The topological polar surface area (TPSA) is 186 Å². The summed E-state index contributed by atoms with van der Waals surface area (Å²) in [4.78, 5) is 11.7. The number of aliphatic hydroxyl groups is 4. The van der Waals surface area contributed by atoms with Crippen LogP contribution in [-0.2, 0) is 16.8 Å². The summed E-state index contributed by atoms with van der Waals surface area (Å²) in [7, 11) is 0. The monoisotopic (exact) mass is 409 g/mol. The molecule has 0 spiro atoms. The van der Waals surface area contributed by atoms with Crippen LogP contribution in [0.5, 0.6) is 0 Å². The van der Waals surface area contributed by atoms with Gasteiger partial charge in [-0.2, -0.15) is 6.20 Å². The summed E-state index contributed by atoms with van der Waals surface area (Å²) in [6.07, 6.45) is 4.10. The van der Waals surface area contributed by atoms with Crippen molar-refractivity contribution in [2.24, 2.45) is 16.1 Å². The number of allylic oxidation sites excluding steroid dienone is 1. The molecule has 25 heavy (non-hydrogen) atoms. The van der Waals surface area contributed by atoms with E-state index in [1.165, 1.54) is 0 Å². The molecule has 1 radical (unpaired) electrons. The van der Waals surface area contributed by atoms with E-state index in [1.807, 2.05) is 0 Å². The zero-order chi connectivity index (χ0) is 19.5. The van der Waals surface area contributed by atoms with Gasteiger partial charge in [-0.1, -0.05) is 6.08 Å². The van der Waals surface area contributed by atoms with Crippen molar-refractivity contribution in [3.63, 3.8) is 0 Å². The Morgan fingerprint density at radius 2 is 1.40 bits per heavy atom. The molecule has 11 heteroatoms. The maximum atomic E-state index is 8.56. The van der Waals surface area contributed by atoms with Crippen LogP contribution in [0, 0.1) is 10.1 Å². The first-order valence-electron chi connectivity index (χ1n) is 7.37. The molecule has 1 aliphatic heterocycles. The fourth-order valence-corrected chi connectivity index (χ4v) is 1.34. The Bertz CT molecular complexity index is 302. The molecule has 0 amide bonds. The maximum Gasteiger partial charge on any atom is 0.0536 e. The Morgan fingerprint density at radius 3 is 1.48 bits per heavy atom. The van der Waals surface area contributed by atoms with Gasteiger partial charge < -0.3 is 41.6 Å². The molecular weight excluding hydrogens is 379 g/mol. The van der Waals surface area contributed by atoms with Gasteiger partial charge in [0.25, 0.3) is 0 Å². The predicted molar refractivity (Wildman–Crippen MR) is 94.1 cm³/mol. The van der Waals surface area contributed by atoms with Crippen molar-refractivity contribution in [3.05, 3.63) is 27.7 Å². The first-order valence-corrected chi connectivity index (χ1v) is 7.37. The van der Waals surface area contributed by atoms with Gasteiger partial charge >= 0.3 is 0 Å². The summed E-state index contributed by atoms with van der Waals surface area (Å²) in [5, 5.41) is 47.0. The molecule has 5 atom stereocenters. The van der Waals surface area contributed by atoms with Gasteiger partial charge in [0, 0.05) is 29.3 Å². The van der Waals surface area contributed by atoms with E-state index in [-0.39, 0.29) is 47.5 Å². The molecule has 0 saturated carbocycles. The number of aliphatic hydroxyl groups excluding tert-OH is 4. The standard InChI is InChI=1S/2C5H12O2.C4H6N3.Co.HNO2/c2*1-4(6)3-5(2)7;5-4-6-2-1-3-7-4;;2-1-3/h2*4-7H,3H2,1-2H3;1-4H,5H2;;(H,2,3)/q;;-1;;/p-1. The van der Waals surface area contributed by atoms with Gasteiger partial charge in [-0.05, 0) is 40.5 Å². The second-order valence-corrected chi connectivity index (χ2v) is 5.14. The van der Waals surface area contributed by atoms with Gasteiger partial charge in [-0.25, -0.2) is 0 Å². The van der Waals surface area contributed by atoms with E-state index >= 15 is 0 Å². The molecule has 1 heterocycles. The van der Waals surface area contributed by atoms with E-state index in [1.54, 1.807) is 46.2 Å². The summed E-state index contributed by atoms with van der Waals surface area (Å²) in [5.74, 6) is 0. The smallest absolute Gasteiger partial charge is 0.0536 e. The fourth-order valence-electron chi connectivity index (χ4n) is 1.34. The largest absolute Gasteiger partial charge is 0.658 e. The molecule has 6 N–H and O–H groups in total. The molecule has 0 aromatic carbocycles. The predicted octanol–water partition coefficient (Wildman–Crippen LogP) is 0.725. The van der Waals surface area contributed by atoms with Crippen molar-refractivity contribution in [2.45, 2.75) is 71.2 Å². The second-order valence-electron chi connectivity index (χ2n) is 5.14. The first-order chi connectivity index (χ1) is 11.1. The number of nitrogens with zero attached hydrogens (tertiary/aromatic N) is 3. The van der Waals surface area contributed by atoms with Crippen LogP contribution < -0.4 is 5.73 Å². The summed E-state index contributed by atoms with van der Waals surface area (Å²) >= 11 is 0. The number of aliphatic imine (C=N–C) groups is 1. The van der Waals surface area contributed by atoms with Crippen molar-refractivity contribution >= 4 is 6.21 Å². The van der Waals surface area contributed by atoms with Crippen LogP contribution >= 0.6 is 0 Å². The number of hydrogen-bond acceptors (Lipinski definition) is 9. The molecule has 0 aromatic rings. The number of hydrogen-bond donors (Lipinski definition) is 5. The molecule has 0 saturated heterocycles. The van der Waals surface area contributed by atoms with E-state index < -0.39 is 0 Å². The quantitative estimate of drug-likeness (QED) is 0.334. The van der Waals surface area contributed by atoms with E-state index in [2.05, 4.69) is 10.3 Å². The summed E-state index contributed by atoms with van der Waals surface area (Å²) in [6.45, 7) is 6.64. The van der Waals surface area contributed by atoms with Crippen LogP contribution in [0.2, 0.25) is 0 Å². The van der Waals surface area contributed by atoms with Crippen LogP contribution in [-0.4, -0.2) is 57.3 Å². The van der Waals surface area contributed by atoms with Crippen molar-refractivity contribution in [1.82, 2.24) is 0 Å². The molecule has 153 valence electrons. The molecule has 0 bridgehead atoms. The Kier molecular flexibility index (Phi) is 29.0. The van der Waals surface area contributed by atoms with Crippen LogP contribution in [0.4, 0.5) is 0 Å². The van der Waals surface area contributed by atoms with E-state index in [4.69, 9.17) is 36.3 Å². The zero-order valence-electron chi connectivity index (χ0n) is 14.9. The molecular formula is C14H30CoN4O6-2.